The van der Waals surface area contributed by atoms with Crippen LogP contribution in [0.1, 0.15) is 43.3 Å². The van der Waals surface area contributed by atoms with Crippen molar-refractivity contribution in [2.45, 2.75) is 54.5 Å². The van der Waals surface area contributed by atoms with Crippen molar-refractivity contribution in [3.8, 4) is 11.3 Å². The Labute approximate surface area is 197 Å². The zero-order valence-corrected chi connectivity index (χ0v) is 20.8. The summed E-state index contributed by atoms with van der Waals surface area (Å²) < 4.78 is 1.87. The van der Waals surface area contributed by atoms with Crippen LogP contribution in [0.3, 0.4) is 0 Å². The molecule has 1 aliphatic rings. The van der Waals surface area contributed by atoms with Gasteiger partial charge in [0.05, 0.1) is 5.69 Å². The van der Waals surface area contributed by atoms with Gasteiger partial charge in [0.15, 0.2) is 0 Å². The van der Waals surface area contributed by atoms with Gasteiger partial charge in [-0.2, -0.15) is 5.10 Å². The highest BCUT2D eigenvalue weighted by Crippen LogP contribution is 2.23. The number of hydrogen-bond acceptors (Lipinski definition) is 5. The number of benzene rings is 1. The summed E-state index contributed by atoms with van der Waals surface area (Å²) in [6.45, 7) is 15.5. The molecule has 0 N–H and O–H groups in total. The van der Waals surface area contributed by atoms with Crippen LogP contribution in [-0.4, -0.2) is 56.7 Å². The number of aromatic nitrogens is 4. The highest BCUT2D eigenvalue weighted by molar-refractivity contribution is 5.76. The lowest BCUT2D eigenvalue weighted by Gasteiger charge is -2.35. The van der Waals surface area contributed by atoms with Gasteiger partial charge in [-0.1, -0.05) is 32.9 Å². The normalized spacial score (nSPS) is 13.5. The van der Waals surface area contributed by atoms with E-state index in [4.69, 9.17) is 5.10 Å². The molecule has 0 atom stereocenters. The van der Waals surface area contributed by atoms with Gasteiger partial charge in [0.2, 0.25) is 5.91 Å². The first kappa shape index (κ1) is 24.4. The van der Waals surface area contributed by atoms with E-state index in [9.17, 15) is 4.79 Å². The van der Waals surface area contributed by atoms with E-state index in [2.05, 4.69) is 59.9 Å². The zero-order valence-electron chi connectivity index (χ0n) is 20.8. The number of hydrogen-bond donors (Lipinski definition) is 0. The predicted molar refractivity (Wildman–Crippen MR) is 133 cm³/mol. The summed E-state index contributed by atoms with van der Waals surface area (Å²) in [6.07, 6.45) is 2.44. The maximum Gasteiger partial charge on any atom is 0.244 e. The van der Waals surface area contributed by atoms with Crippen molar-refractivity contribution in [3.63, 3.8) is 0 Å². The van der Waals surface area contributed by atoms with Gasteiger partial charge in [0.1, 0.15) is 18.7 Å². The number of anilines is 1. The molecule has 33 heavy (non-hydrogen) atoms. The predicted octanol–water partition coefficient (Wildman–Crippen LogP) is 4.20. The minimum Gasteiger partial charge on any atom is -0.353 e. The molecule has 3 heterocycles. The van der Waals surface area contributed by atoms with Crippen LogP contribution in [0.2, 0.25) is 0 Å². The third-order valence-electron chi connectivity index (χ3n) is 6.06. The first-order chi connectivity index (χ1) is 15.9. The molecule has 0 radical (unpaired) electrons. The standard InChI is InChI=1S/C24H30N6O.C2H6/c1-5-21-14-22(20-7-6-17(2)18(3)12-20)27-30(21)15-24(31)29-10-8-28(9-11-29)23-13-19(4)25-16-26-23;1-2/h6-7,12-14,16H,5,8-11,15H2,1-4H3;1-2H3. The lowest BCUT2D eigenvalue weighted by molar-refractivity contribution is -0.132. The van der Waals surface area contributed by atoms with E-state index in [0.717, 1.165) is 48.0 Å². The van der Waals surface area contributed by atoms with E-state index < -0.39 is 0 Å². The van der Waals surface area contributed by atoms with Crippen LogP contribution in [0.15, 0.2) is 36.7 Å². The minimum atomic E-state index is 0.114. The number of amides is 1. The summed E-state index contributed by atoms with van der Waals surface area (Å²) in [4.78, 5) is 25.7. The SMILES string of the molecule is CC.CCc1cc(-c2ccc(C)c(C)c2)nn1CC(=O)N1CCN(c2cc(C)ncn2)CC1. The molecular weight excluding hydrogens is 412 g/mol. The van der Waals surface area contributed by atoms with Crippen LogP contribution in [-0.2, 0) is 17.8 Å². The Morgan fingerprint density at radius 1 is 0.939 bits per heavy atom. The first-order valence-corrected chi connectivity index (χ1v) is 11.9. The molecule has 7 nitrogen and oxygen atoms in total. The molecule has 1 amide bonds. The fourth-order valence-corrected chi connectivity index (χ4v) is 3.95. The van der Waals surface area contributed by atoms with Gasteiger partial charge >= 0.3 is 0 Å². The van der Waals surface area contributed by atoms with Gasteiger partial charge in [-0.05, 0) is 50.5 Å². The van der Waals surface area contributed by atoms with E-state index in [1.54, 1.807) is 6.33 Å². The molecule has 176 valence electrons. The van der Waals surface area contributed by atoms with Crippen molar-refractivity contribution in [3.05, 3.63) is 59.2 Å². The van der Waals surface area contributed by atoms with E-state index in [1.807, 2.05) is 36.4 Å². The van der Waals surface area contributed by atoms with Gasteiger partial charge in [0, 0.05) is 49.2 Å². The Balaban J connectivity index is 0.00000149. The summed E-state index contributed by atoms with van der Waals surface area (Å²) in [5, 5.41) is 4.77. The lowest BCUT2D eigenvalue weighted by atomic mass is 10.0. The second kappa shape index (κ2) is 11.1. The van der Waals surface area contributed by atoms with Gasteiger partial charge in [-0.25, -0.2) is 9.97 Å². The van der Waals surface area contributed by atoms with Gasteiger partial charge < -0.3 is 9.80 Å². The lowest BCUT2D eigenvalue weighted by Crippen LogP contribution is -2.50. The van der Waals surface area contributed by atoms with E-state index in [1.165, 1.54) is 11.1 Å². The maximum absolute atomic E-state index is 13.0. The fourth-order valence-electron chi connectivity index (χ4n) is 3.95. The van der Waals surface area contributed by atoms with Crippen molar-refractivity contribution < 1.29 is 4.79 Å². The Hall–Kier alpha value is -3.22. The molecule has 1 aliphatic heterocycles. The second-order valence-electron chi connectivity index (χ2n) is 8.22. The van der Waals surface area contributed by atoms with Crippen molar-refractivity contribution in [1.29, 1.82) is 0 Å². The Bertz CT molecular complexity index is 1080. The fraction of sp³-hybridized carbons (Fsp3) is 0.462. The monoisotopic (exact) mass is 448 g/mol. The molecule has 0 spiro atoms. The molecule has 7 heteroatoms. The van der Waals surface area contributed by atoms with Gasteiger partial charge in [-0.15, -0.1) is 0 Å². The largest absolute Gasteiger partial charge is 0.353 e. The summed E-state index contributed by atoms with van der Waals surface area (Å²) in [7, 11) is 0. The highest BCUT2D eigenvalue weighted by Gasteiger charge is 2.23. The Kier molecular flexibility index (Phi) is 8.20. The smallest absolute Gasteiger partial charge is 0.244 e. The molecule has 0 bridgehead atoms. The third kappa shape index (κ3) is 5.78. The Morgan fingerprint density at radius 2 is 1.67 bits per heavy atom. The van der Waals surface area contributed by atoms with E-state index in [0.29, 0.717) is 13.1 Å². The van der Waals surface area contributed by atoms with E-state index >= 15 is 0 Å². The average molecular weight is 449 g/mol. The number of nitrogens with zero attached hydrogens (tertiary/aromatic N) is 6. The van der Waals surface area contributed by atoms with Crippen LogP contribution in [0.4, 0.5) is 5.82 Å². The van der Waals surface area contributed by atoms with Crippen LogP contribution in [0.25, 0.3) is 11.3 Å². The molecule has 1 aromatic carbocycles. The van der Waals surface area contributed by atoms with Gasteiger partial charge in [-0.3, -0.25) is 9.48 Å². The van der Waals surface area contributed by atoms with Crippen molar-refractivity contribution in [2.75, 3.05) is 31.1 Å². The van der Waals surface area contributed by atoms with Crippen molar-refractivity contribution >= 4 is 11.7 Å². The van der Waals surface area contributed by atoms with Crippen molar-refractivity contribution in [1.82, 2.24) is 24.6 Å². The molecule has 0 unspecified atom stereocenters. The number of carbonyl (C=O) groups excluding carboxylic acids is 1. The second-order valence-corrected chi connectivity index (χ2v) is 8.22. The third-order valence-corrected chi connectivity index (χ3v) is 6.06. The molecule has 1 fully saturated rings. The topological polar surface area (TPSA) is 67.2 Å². The zero-order chi connectivity index (χ0) is 24.0. The summed E-state index contributed by atoms with van der Waals surface area (Å²) >= 11 is 0. The first-order valence-electron chi connectivity index (χ1n) is 11.9. The molecule has 3 aromatic rings. The average Bonchev–Trinajstić information content (AvgIpc) is 3.25. The summed E-state index contributed by atoms with van der Waals surface area (Å²) in [5.41, 5.74) is 6.57. The number of piperazine rings is 1. The van der Waals surface area contributed by atoms with Crippen LogP contribution in [0, 0.1) is 20.8 Å². The quantitative estimate of drug-likeness (QED) is 0.585. The number of rotatable bonds is 5. The Morgan fingerprint density at radius 3 is 2.30 bits per heavy atom. The van der Waals surface area contributed by atoms with Crippen molar-refractivity contribution in [2.24, 2.45) is 0 Å². The molecule has 1 saturated heterocycles. The van der Waals surface area contributed by atoms with Crippen LogP contribution >= 0.6 is 0 Å². The molecule has 0 aliphatic carbocycles. The van der Waals surface area contributed by atoms with Gasteiger partial charge in [0.25, 0.3) is 0 Å². The summed E-state index contributed by atoms with van der Waals surface area (Å²) in [6, 6.07) is 10.5. The van der Waals surface area contributed by atoms with E-state index in [-0.39, 0.29) is 12.5 Å². The molecule has 4 rings (SSSR count). The highest BCUT2D eigenvalue weighted by atomic mass is 16.2. The molecular formula is C26H36N6O. The van der Waals surface area contributed by atoms with Crippen LogP contribution < -0.4 is 4.90 Å². The summed E-state index contributed by atoms with van der Waals surface area (Å²) in [5.74, 6) is 1.04. The van der Waals surface area contributed by atoms with Crippen LogP contribution in [0.5, 0.6) is 0 Å². The molecule has 0 saturated carbocycles. The minimum absolute atomic E-state index is 0.114. The number of carbonyl (C=O) groups is 1. The number of aryl methyl sites for hydroxylation is 4. The maximum atomic E-state index is 13.0. The molecule has 2 aromatic heterocycles.